The van der Waals surface area contributed by atoms with Gasteiger partial charge in [0.1, 0.15) is 0 Å². The zero-order valence-electron chi connectivity index (χ0n) is 6.13. The van der Waals surface area contributed by atoms with Crippen molar-refractivity contribution < 1.29 is 4.79 Å². The molecule has 0 aromatic rings. The van der Waals surface area contributed by atoms with Crippen molar-refractivity contribution in [2.75, 3.05) is 6.54 Å². The van der Waals surface area contributed by atoms with E-state index in [1.54, 1.807) is 4.90 Å². The molecule has 1 saturated heterocycles. The van der Waals surface area contributed by atoms with Crippen molar-refractivity contribution in [2.45, 2.75) is 25.8 Å². The van der Waals surface area contributed by atoms with E-state index in [2.05, 4.69) is 5.92 Å². The van der Waals surface area contributed by atoms with Gasteiger partial charge in [-0.05, 0) is 13.3 Å². The zero-order valence-corrected chi connectivity index (χ0v) is 6.13. The predicted molar refractivity (Wildman–Crippen MR) is 39.2 cm³/mol. The van der Waals surface area contributed by atoms with Gasteiger partial charge in [0.2, 0.25) is 5.91 Å². The number of amides is 1. The SMILES string of the molecule is C#CCN1C(=O)CCC1C. The second-order valence-corrected chi connectivity index (χ2v) is 2.61. The lowest BCUT2D eigenvalue weighted by atomic mass is 10.2. The van der Waals surface area contributed by atoms with E-state index in [0.717, 1.165) is 6.42 Å². The van der Waals surface area contributed by atoms with Crippen LogP contribution in [0.15, 0.2) is 0 Å². The molecule has 1 aliphatic heterocycles. The lowest BCUT2D eigenvalue weighted by molar-refractivity contribution is -0.128. The molecule has 1 unspecified atom stereocenters. The Morgan fingerprint density at radius 2 is 2.60 bits per heavy atom. The molecule has 0 spiro atoms. The van der Waals surface area contributed by atoms with Crippen molar-refractivity contribution in [3.63, 3.8) is 0 Å². The fourth-order valence-corrected chi connectivity index (χ4v) is 1.22. The molecular formula is C8H11NO. The highest BCUT2D eigenvalue weighted by Gasteiger charge is 2.25. The first kappa shape index (κ1) is 7.14. The maximum absolute atomic E-state index is 11.0. The van der Waals surface area contributed by atoms with Crippen molar-refractivity contribution >= 4 is 5.91 Å². The monoisotopic (exact) mass is 137 g/mol. The summed E-state index contributed by atoms with van der Waals surface area (Å²) in [4.78, 5) is 12.8. The van der Waals surface area contributed by atoms with E-state index in [4.69, 9.17) is 6.42 Å². The van der Waals surface area contributed by atoms with E-state index in [9.17, 15) is 4.79 Å². The molecule has 54 valence electrons. The molecule has 0 bridgehead atoms. The minimum atomic E-state index is 0.199. The van der Waals surface area contributed by atoms with Gasteiger partial charge in [-0.15, -0.1) is 6.42 Å². The molecule has 1 aliphatic rings. The van der Waals surface area contributed by atoms with Gasteiger partial charge in [0, 0.05) is 12.5 Å². The fourth-order valence-electron chi connectivity index (χ4n) is 1.22. The van der Waals surface area contributed by atoms with Gasteiger partial charge in [-0.1, -0.05) is 5.92 Å². The van der Waals surface area contributed by atoms with Crippen LogP contribution >= 0.6 is 0 Å². The standard InChI is InChI=1S/C8H11NO/c1-3-6-9-7(2)4-5-8(9)10/h1,7H,4-6H2,2H3. The number of rotatable bonds is 1. The topological polar surface area (TPSA) is 20.3 Å². The predicted octanol–water partition coefficient (Wildman–Crippen LogP) is 0.630. The molecule has 0 N–H and O–H groups in total. The number of hydrogen-bond donors (Lipinski definition) is 0. The summed E-state index contributed by atoms with van der Waals surface area (Å²) in [7, 11) is 0. The Labute approximate surface area is 61.2 Å². The molecule has 0 aromatic heterocycles. The molecule has 0 saturated carbocycles. The van der Waals surface area contributed by atoms with Crippen LogP contribution in [-0.4, -0.2) is 23.4 Å². The molecule has 1 rings (SSSR count). The summed E-state index contributed by atoms with van der Waals surface area (Å²) < 4.78 is 0. The number of hydrogen-bond acceptors (Lipinski definition) is 1. The van der Waals surface area contributed by atoms with Crippen LogP contribution in [0.2, 0.25) is 0 Å². The first-order valence-electron chi connectivity index (χ1n) is 3.48. The van der Waals surface area contributed by atoms with E-state index in [0.29, 0.717) is 19.0 Å². The van der Waals surface area contributed by atoms with Gasteiger partial charge < -0.3 is 4.90 Å². The molecule has 1 fully saturated rings. The van der Waals surface area contributed by atoms with Crippen molar-refractivity contribution in [3.05, 3.63) is 0 Å². The summed E-state index contributed by atoms with van der Waals surface area (Å²) in [5.74, 6) is 2.68. The third-order valence-electron chi connectivity index (χ3n) is 1.89. The van der Waals surface area contributed by atoms with Crippen molar-refractivity contribution in [1.29, 1.82) is 0 Å². The van der Waals surface area contributed by atoms with E-state index >= 15 is 0 Å². The van der Waals surface area contributed by atoms with Crippen LogP contribution in [0.4, 0.5) is 0 Å². The van der Waals surface area contributed by atoms with E-state index < -0.39 is 0 Å². The largest absolute Gasteiger partial charge is 0.329 e. The summed E-state index contributed by atoms with van der Waals surface area (Å²) in [6.45, 7) is 2.50. The van der Waals surface area contributed by atoms with Crippen molar-refractivity contribution in [3.8, 4) is 12.3 Å². The van der Waals surface area contributed by atoms with Gasteiger partial charge in [-0.25, -0.2) is 0 Å². The summed E-state index contributed by atoms with van der Waals surface area (Å²) in [5.41, 5.74) is 0. The molecule has 1 atom stereocenters. The lowest BCUT2D eigenvalue weighted by Crippen LogP contribution is -2.30. The lowest BCUT2D eigenvalue weighted by Gasteiger charge is -2.17. The van der Waals surface area contributed by atoms with Crippen LogP contribution in [0.3, 0.4) is 0 Å². The molecule has 10 heavy (non-hydrogen) atoms. The number of carbonyl (C=O) groups is 1. The van der Waals surface area contributed by atoms with Gasteiger partial charge in [0.05, 0.1) is 6.54 Å². The fraction of sp³-hybridized carbons (Fsp3) is 0.625. The molecular weight excluding hydrogens is 126 g/mol. The van der Waals surface area contributed by atoms with Crippen LogP contribution in [-0.2, 0) is 4.79 Å². The van der Waals surface area contributed by atoms with Crippen LogP contribution < -0.4 is 0 Å². The number of carbonyl (C=O) groups excluding carboxylic acids is 1. The van der Waals surface area contributed by atoms with Gasteiger partial charge in [0.25, 0.3) is 0 Å². The average Bonchev–Trinajstić information content (AvgIpc) is 2.20. The smallest absolute Gasteiger partial charge is 0.223 e. The zero-order chi connectivity index (χ0) is 7.56. The van der Waals surface area contributed by atoms with Crippen molar-refractivity contribution in [1.82, 2.24) is 4.90 Å². The Hall–Kier alpha value is -0.970. The maximum atomic E-state index is 11.0. The van der Waals surface area contributed by atoms with Crippen LogP contribution in [0, 0.1) is 12.3 Å². The molecule has 0 radical (unpaired) electrons. The summed E-state index contributed by atoms with van der Waals surface area (Å²) in [6, 6.07) is 0.351. The quantitative estimate of drug-likeness (QED) is 0.485. The number of likely N-dealkylation sites (tertiary alicyclic amines) is 1. The first-order chi connectivity index (χ1) is 4.75. The van der Waals surface area contributed by atoms with Gasteiger partial charge in [-0.2, -0.15) is 0 Å². The Bertz CT molecular complexity index is 180. The Morgan fingerprint density at radius 3 is 3.00 bits per heavy atom. The van der Waals surface area contributed by atoms with E-state index in [1.165, 1.54) is 0 Å². The second kappa shape index (κ2) is 2.74. The second-order valence-electron chi connectivity index (χ2n) is 2.61. The molecule has 1 amide bonds. The summed E-state index contributed by atoms with van der Waals surface area (Å²) >= 11 is 0. The summed E-state index contributed by atoms with van der Waals surface area (Å²) in [5, 5.41) is 0. The summed E-state index contributed by atoms with van der Waals surface area (Å²) in [6.07, 6.45) is 6.72. The van der Waals surface area contributed by atoms with Gasteiger partial charge in [0.15, 0.2) is 0 Å². The highest BCUT2D eigenvalue weighted by molar-refractivity contribution is 5.78. The highest BCUT2D eigenvalue weighted by atomic mass is 16.2. The Balaban J connectivity index is 2.56. The first-order valence-corrected chi connectivity index (χ1v) is 3.48. The molecule has 0 aromatic carbocycles. The van der Waals surface area contributed by atoms with Crippen LogP contribution in [0.1, 0.15) is 19.8 Å². The Morgan fingerprint density at radius 1 is 1.90 bits per heavy atom. The third kappa shape index (κ3) is 1.13. The maximum Gasteiger partial charge on any atom is 0.223 e. The highest BCUT2D eigenvalue weighted by Crippen LogP contribution is 2.16. The van der Waals surface area contributed by atoms with Crippen LogP contribution in [0.5, 0.6) is 0 Å². The molecule has 1 heterocycles. The van der Waals surface area contributed by atoms with E-state index in [1.807, 2.05) is 6.92 Å². The van der Waals surface area contributed by atoms with Gasteiger partial charge in [-0.3, -0.25) is 4.79 Å². The Kier molecular flexibility index (Phi) is 1.96. The van der Waals surface area contributed by atoms with E-state index in [-0.39, 0.29) is 5.91 Å². The van der Waals surface area contributed by atoms with Crippen molar-refractivity contribution in [2.24, 2.45) is 0 Å². The average molecular weight is 137 g/mol. The number of terminal acetylenes is 1. The minimum Gasteiger partial charge on any atom is -0.329 e. The van der Waals surface area contributed by atoms with Crippen LogP contribution in [0.25, 0.3) is 0 Å². The van der Waals surface area contributed by atoms with Gasteiger partial charge >= 0.3 is 0 Å². The molecule has 2 nitrogen and oxygen atoms in total. The number of nitrogens with zero attached hydrogens (tertiary/aromatic N) is 1. The minimum absolute atomic E-state index is 0.199. The molecule has 2 heteroatoms. The molecule has 0 aliphatic carbocycles. The normalized spacial score (nSPS) is 25.0. The third-order valence-corrected chi connectivity index (χ3v) is 1.89.